The van der Waals surface area contributed by atoms with Crippen LogP contribution in [0, 0.1) is 0 Å². The largest absolute Gasteiger partial charge is 0.385 e. The third-order valence-electron chi connectivity index (χ3n) is 1.56. The van der Waals surface area contributed by atoms with Gasteiger partial charge in [0.1, 0.15) is 0 Å². The van der Waals surface area contributed by atoms with E-state index in [0.29, 0.717) is 0 Å². The first-order valence-corrected chi connectivity index (χ1v) is 3.83. The van der Waals surface area contributed by atoms with Gasteiger partial charge in [0, 0.05) is 23.7 Å². The lowest BCUT2D eigenvalue weighted by atomic mass is 10.3. The predicted octanol–water partition coefficient (Wildman–Crippen LogP) is 1.86. The van der Waals surface area contributed by atoms with E-state index in [1.54, 1.807) is 0 Å². The Hall–Kier alpha value is -1.05. The van der Waals surface area contributed by atoms with Gasteiger partial charge >= 0.3 is 0 Å². The molecule has 1 heterocycles. The summed E-state index contributed by atoms with van der Waals surface area (Å²) in [5.74, 6) is 0. The van der Waals surface area contributed by atoms with Crippen LogP contribution in [-0.2, 0) is 0 Å². The highest BCUT2D eigenvalue weighted by atomic mass is 14.9. The summed E-state index contributed by atoms with van der Waals surface area (Å²) in [6.07, 6.45) is 4.14. The monoisotopic (exact) mass is 150 g/mol. The average Bonchev–Trinajstić information content (AvgIpc) is 1.83. The van der Waals surface area contributed by atoms with Crippen LogP contribution < -0.4 is 5.32 Å². The van der Waals surface area contributed by atoms with Crippen LogP contribution in [0.25, 0.3) is 0 Å². The SMILES string of the molecule is C/C1=C/C(C)=N\C(C)=C\CN1. The summed E-state index contributed by atoms with van der Waals surface area (Å²) in [5.41, 5.74) is 3.32. The molecule has 2 heteroatoms. The fourth-order valence-electron chi connectivity index (χ4n) is 1.08. The van der Waals surface area contributed by atoms with Crippen molar-refractivity contribution in [3.63, 3.8) is 0 Å². The maximum atomic E-state index is 4.35. The maximum Gasteiger partial charge on any atom is 0.0392 e. The van der Waals surface area contributed by atoms with Crippen LogP contribution in [0.3, 0.4) is 0 Å². The molecule has 1 aliphatic heterocycles. The van der Waals surface area contributed by atoms with Crippen molar-refractivity contribution in [1.29, 1.82) is 0 Å². The van der Waals surface area contributed by atoms with E-state index in [-0.39, 0.29) is 0 Å². The first kappa shape index (κ1) is 8.05. The Morgan fingerprint density at radius 3 is 2.82 bits per heavy atom. The Balaban J connectivity index is 2.87. The maximum absolute atomic E-state index is 4.35. The molecule has 0 aliphatic carbocycles. The standard InChI is InChI=1S/C9H14N2/c1-7-4-5-10-8(2)6-9(3)11-7/h4,6,10H,5H2,1-3H3/b7-4+,8-6-,11-9-. The van der Waals surface area contributed by atoms with Gasteiger partial charge in [-0.25, -0.2) is 0 Å². The Labute approximate surface area is 67.7 Å². The molecule has 60 valence electrons. The van der Waals surface area contributed by atoms with Crippen LogP contribution in [0.15, 0.2) is 28.5 Å². The summed E-state index contributed by atoms with van der Waals surface area (Å²) in [5, 5.41) is 3.25. The molecule has 11 heavy (non-hydrogen) atoms. The fraction of sp³-hybridized carbons (Fsp3) is 0.444. The molecule has 0 saturated heterocycles. The van der Waals surface area contributed by atoms with E-state index < -0.39 is 0 Å². The van der Waals surface area contributed by atoms with Gasteiger partial charge in [-0.15, -0.1) is 0 Å². The number of hydrogen-bond donors (Lipinski definition) is 1. The Bertz CT molecular complexity index is 234. The normalized spacial score (nSPS) is 32.8. The molecule has 0 aromatic carbocycles. The highest BCUT2D eigenvalue weighted by molar-refractivity contribution is 5.94. The average molecular weight is 150 g/mol. The minimum Gasteiger partial charge on any atom is -0.385 e. The van der Waals surface area contributed by atoms with Crippen molar-refractivity contribution in [2.75, 3.05) is 6.54 Å². The van der Waals surface area contributed by atoms with Gasteiger partial charge in [-0.05, 0) is 32.9 Å². The number of nitrogens with one attached hydrogen (secondary N) is 1. The fourth-order valence-corrected chi connectivity index (χ4v) is 1.08. The quantitative estimate of drug-likeness (QED) is 0.560. The molecule has 0 aromatic rings. The zero-order valence-electron chi connectivity index (χ0n) is 7.31. The van der Waals surface area contributed by atoms with Crippen molar-refractivity contribution in [3.8, 4) is 0 Å². The molecule has 0 fully saturated rings. The molecular formula is C9H14N2. The molecule has 1 rings (SSSR count). The van der Waals surface area contributed by atoms with E-state index >= 15 is 0 Å². The molecule has 2 nitrogen and oxygen atoms in total. The Kier molecular flexibility index (Phi) is 2.47. The second-order valence-electron chi connectivity index (χ2n) is 2.81. The van der Waals surface area contributed by atoms with E-state index in [4.69, 9.17) is 0 Å². The van der Waals surface area contributed by atoms with Gasteiger partial charge in [-0.1, -0.05) is 0 Å². The van der Waals surface area contributed by atoms with Crippen LogP contribution in [0.1, 0.15) is 20.8 Å². The van der Waals surface area contributed by atoms with E-state index in [1.165, 1.54) is 5.70 Å². The molecule has 0 aromatic heterocycles. The van der Waals surface area contributed by atoms with Gasteiger partial charge in [-0.3, -0.25) is 4.99 Å². The van der Waals surface area contributed by atoms with Gasteiger partial charge in [-0.2, -0.15) is 0 Å². The highest BCUT2D eigenvalue weighted by Crippen LogP contribution is 2.00. The molecule has 1 aliphatic rings. The third kappa shape index (κ3) is 2.58. The number of nitrogens with zero attached hydrogens (tertiary/aromatic N) is 1. The van der Waals surface area contributed by atoms with Crippen molar-refractivity contribution >= 4 is 5.71 Å². The van der Waals surface area contributed by atoms with Gasteiger partial charge in [0.25, 0.3) is 0 Å². The second kappa shape index (κ2) is 3.37. The lowest BCUT2D eigenvalue weighted by Gasteiger charge is -2.07. The minimum absolute atomic E-state index is 0.880. The van der Waals surface area contributed by atoms with Crippen molar-refractivity contribution in [1.82, 2.24) is 5.32 Å². The third-order valence-corrected chi connectivity index (χ3v) is 1.56. The molecular weight excluding hydrogens is 136 g/mol. The van der Waals surface area contributed by atoms with E-state index in [9.17, 15) is 0 Å². The number of allylic oxidation sites excluding steroid dienone is 3. The first-order valence-electron chi connectivity index (χ1n) is 3.83. The molecule has 0 amide bonds. The summed E-state index contributed by atoms with van der Waals surface area (Å²) in [6.45, 7) is 6.95. The van der Waals surface area contributed by atoms with Crippen LogP contribution in [-0.4, -0.2) is 12.3 Å². The highest BCUT2D eigenvalue weighted by Gasteiger charge is 1.94. The van der Waals surface area contributed by atoms with E-state index in [1.807, 2.05) is 20.8 Å². The van der Waals surface area contributed by atoms with Crippen molar-refractivity contribution < 1.29 is 0 Å². The summed E-state index contributed by atoms with van der Waals surface area (Å²) >= 11 is 0. The molecule has 0 saturated carbocycles. The van der Waals surface area contributed by atoms with Gasteiger partial charge < -0.3 is 5.32 Å². The number of rotatable bonds is 0. The van der Waals surface area contributed by atoms with Crippen LogP contribution in [0.2, 0.25) is 0 Å². The lowest BCUT2D eigenvalue weighted by Crippen LogP contribution is -2.13. The van der Waals surface area contributed by atoms with Gasteiger partial charge in [0.05, 0.1) is 0 Å². The molecule has 0 radical (unpaired) electrons. The minimum atomic E-state index is 0.880. The molecule has 1 N–H and O–H groups in total. The van der Waals surface area contributed by atoms with Gasteiger partial charge in [0.15, 0.2) is 0 Å². The first-order chi connectivity index (χ1) is 5.18. The summed E-state index contributed by atoms with van der Waals surface area (Å²) in [6, 6.07) is 0. The van der Waals surface area contributed by atoms with Crippen molar-refractivity contribution in [2.24, 2.45) is 4.99 Å². The lowest BCUT2D eigenvalue weighted by molar-refractivity contribution is 0.894. The second-order valence-corrected chi connectivity index (χ2v) is 2.81. The topological polar surface area (TPSA) is 24.4 Å². The summed E-state index contributed by atoms with van der Waals surface area (Å²) < 4.78 is 0. The zero-order valence-corrected chi connectivity index (χ0v) is 7.31. The zero-order chi connectivity index (χ0) is 8.27. The van der Waals surface area contributed by atoms with Crippen LogP contribution in [0.4, 0.5) is 0 Å². The summed E-state index contributed by atoms with van der Waals surface area (Å²) in [7, 11) is 0. The number of aliphatic imine (C=N–C) groups is 1. The van der Waals surface area contributed by atoms with Crippen molar-refractivity contribution in [2.45, 2.75) is 20.8 Å². The Morgan fingerprint density at radius 2 is 2.09 bits per heavy atom. The predicted molar refractivity (Wildman–Crippen MR) is 48.6 cm³/mol. The molecule has 0 bridgehead atoms. The van der Waals surface area contributed by atoms with E-state index in [0.717, 1.165) is 18.0 Å². The van der Waals surface area contributed by atoms with Gasteiger partial charge in [0.2, 0.25) is 0 Å². The van der Waals surface area contributed by atoms with Crippen molar-refractivity contribution in [3.05, 3.63) is 23.5 Å². The molecule has 0 unspecified atom stereocenters. The molecule has 0 atom stereocenters. The Morgan fingerprint density at radius 1 is 1.36 bits per heavy atom. The van der Waals surface area contributed by atoms with E-state index in [2.05, 4.69) is 22.5 Å². The van der Waals surface area contributed by atoms with Crippen LogP contribution >= 0.6 is 0 Å². The molecule has 0 spiro atoms. The number of hydrogen-bond acceptors (Lipinski definition) is 2. The smallest absolute Gasteiger partial charge is 0.0392 e. The van der Waals surface area contributed by atoms with Crippen LogP contribution in [0.5, 0.6) is 0 Å². The summed E-state index contributed by atoms with van der Waals surface area (Å²) in [4.78, 5) is 4.35.